The average Bonchev–Trinajstić information content (AvgIpc) is 2.53. The molecule has 0 aliphatic heterocycles. The predicted octanol–water partition coefficient (Wildman–Crippen LogP) is 3.31. The van der Waals surface area contributed by atoms with E-state index in [0.29, 0.717) is 11.5 Å². The van der Waals surface area contributed by atoms with Crippen molar-refractivity contribution >= 4 is 15.9 Å². The van der Waals surface area contributed by atoms with Crippen molar-refractivity contribution in [2.24, 2.45) is 12.5 Å². The molecule has 18 heavy (non-hydrogen) atoms. The van der Waals surface area contributed by atoms with E-state index in [1.165, 1.54) is 10.2 Å². The molecule has 3 nitrogen and oxygen atoms in total. The molecule has 0 aromatic carbocycles. The third-order valence-corrected chi connectivity index (χ3v) is 4.13. The van der Waals surface area contributed by atoms with Crippen LogP contribution in [-0.4, -0.2) is 22.9 Å². The summed E-state index contributed by atoms with van der Waals surface area (Å²) in [6.07, 6.45) is 3.14. The fourth-order valence-electron chi connectivity index (χ4n) is 2.29. The normalized spacial score (nSPS) is 13.9. The van der Waals surface area contributed by atoms with Gasteiger partial charge in [-0.2, -0.15) is 5.10 Å². The van der Waals surface area contributed by atoms with E-state index in [-0.39, 0.29) is 0 Å². The first kappa shape index (κ1) is 15.7. The summed E-state index contributed by atoms with van der Waals surface area (Å²) in [5.74, 6) is 0. The highest BCUT2D eigenvalue weighted by molar-refractivity contribution is 9.10. The first-order valence-electron chi connectivity index (χ1n) is 6.66. The van der Waals surface area contributed by atoms with Crippen molar-refractivity contribution in [1.82, 2.24) is 15.1 Å². The zero-order valence-electron chi connectivity index (χ0n) is 12.5. The van der Waals surface area contributed by atoms with Gasteiger partial charge >= 0.3 is 0 Å². The Balaban J connectivity index is 2.85. The summed E-state index contributed by atoms with van der Waals surface area (Å²) in [5, 5.41) is 7.98. The monoisotopic (exact) mass is 315 g/mol. The van der Waals surface area contributed by atoms with E-state index in [1.54, 1.807) is 0 Å². The Hall–Kier alpha value is -0.350. The number of nitrogens with one attached hydrogen (secondary N) is 1. The van der Waals surface area contributed by atoms with Crippen LogP contribution in [0.15, 0.2) is 4.47 Å². The molecule has 0 bridgehead atoms. The van der Waals surface area contributed by atoms with Crippen molar-refractivity contribution in [2.75, 3.05) is 7.05 Å². The van der Waals surface area contributed by atoms with Gasteiger partial charge in [0.15, 0.2) is 0 Å². The second kappa shape index (κ2) is 6.20. The van der Waals surface area contributed by atoms with Gasteiger partial charge in [-0.25, -0.2) is 0 Å². The van der Waals surface area contributed by atoms with E-state index in [0.717, 1.165) is 25.0 Å². The Morgan fingerprint density at radius 2 is 2.00 bits per heavy atom. The number of hydrogen-bond acceptors (Lipinski definition) is 2. The van der Waals surface area contributed by atoms with Crippen molar-refractivity contribution in [3.8, 4) is 0 Å². The number of hydrogen-bond donors (Lipinski definition) is 1. The summed E-state index contributed by atoms with van der Waals surface area (Å²) in [7, 11) is 4.07. The SMILES string of the molecule is CCc1nn(C)c(CC(CC(C)(C)C)NC)c1Br. The van der Waals surface area contributed by atoms with Crippen molar-refractivity contribution in [1.29, 1.82) is 0 Å². The molecule has 0 spiro atoms. The zero-order valence-corrected chi connectivity index (χ0v) is 14.1. The summed E-state index contributed by atoms with van der Waals surface area (Å²) < 4.78 is 3.19. The first-order valence-corrected chi connectivity index (χ1v) is 7.45. The lowest BCUT2D eigenvalue weighted by molar-refractivity contribution is 0.313. The van der Waals surface area contributed by atoms with E-state index in [2.05, 4.69) is 54.0 Å². The van der Waals surface area contributed by atoms with Gasteiger partial charge in [0.1, 0.15) is 0 Å². The van der Waals surface area contributed by atoms with E-state index in [1.807, 2.05) is 18.8 Å². The zero-order chi connectivity index (χ0) is 13.9. The van der Waals surface area contributed by atoms with Gasteiger partial charge in [-0.05, 0) is 41.2 Å². The standard InChI is InChI=1S/C14H26BrN3/c1-7-11-13(15)12(18(6)17-11)8-10(16-5)9-14(2,3)4/h10,16H,7-9H2,1-6H3. The van der Waals surface area contributed by atoms with Crippen LogP contribution < -0.4 is 5.32 Å². The molecular formula is C14H26BrN3. The van der Waals surface area contributed by atoms with Gasteiger partial charge in [0.05, 0.1) is 15.9 Å². The van der Waals surface area contributed by atoms with Crippen molar-refractivity contribution in [3.05, 3.63) is 15.9 Å². The van der Waals surface area contributed by atoms with Gasteiger partial charge in [-0.15, -0.1) is 0 Å². The first-order chi connectivity index (χ1) is 8.28. The number of aryl methyl sites for hydroxylation is 2. The maximum atomic E-state index is 4.55. The minimum Gasteiger partial charge on any atom is -0.317 e. The Morgan fingerprint density at radius 3 is 2.39 bits per heavy atom. The second-order valence-electron chi connectivity index (χ2n) is 6.14. The molecule has 1 unspecified atom stereocenters. The maximum absolute atomic E-state index is 4.55. The van der Waals surface area contributed by atoms with E-state index in [9.17, 15) is 0 Å². The van der Waals surface area contributed by atoms with Gasteiger partial charge in [-0.3, -0.25) is 4.68 Å². The number of aromatic nitrogens is 2. The van der Waals surface area contributed by atoms with Crippen molar-refractivity contribution in [3.63, 3.8) is 0 Å². The van der Waals surface area contributed by atoms with Gasteiger partial charge in [0.2, 0.25) is 0 Å². The molecule has 0 saturated heterocycles. The number of nitrogens with zero attached hydrogens (tertiary/aromatic N) is 2. The van der Waals surface area contributed by atoms with Gasteiger partial charge < -0.3 is 5.32 Å². The second-order valence-corrected chi connectivity index (χ2v) is 6.93. The van der Waals surface area contributed by atoms with Crippen LogP contribution in [0, 0.1) is 5.41 Å². The van der Waals surface area contributed by atoms with E-state index in [4.69, 9.17) is 0 Å². The third-order valence-electron chi connectivity index (χ3n) is 3.21. The van der Waals surface area contributed by atoms with E-state index < -0.39 is 0 Å². The van der Waals surface area contributed by atoms with Crippen LogP contribution in [0.1, 0.15) is 45.5 Å². The summed E-state index contributed by atoms with van der Waals surface area (Å²) in [6, 6.07) is 0.487. The summed E-state index contributed by atoms with van der Waals surface area (Å²) in [6.45, 7) is 8.99. The smallest absolute Gasteiger partial charge is 0.0766 e. The van der Waals surface area contributed by atoms with Crippen molar-refractivity contribution < 1.29 is 0 Å². The van der Waals surface area contributed by atoms with Gasteiger partial charge in [0, 0.05) is 19.5 Å². The Morgan fingerprint density at radius 1 is 1.39 bits per heavy atom. The minimum absolute atomic E-state index is 0.340. The molecule has 1 atom stereocenters. The fourth-order valence-corrected chi connectivity index (χ4v) is 3.07. The molecule has 0 radical (unpaired) electrons. The lowest BCUT2D eigenvalue weighted by atomic mass is 9.86. The largest absolute Gasteiger partial charge is 0.317 e. The molecule has 1 aromatic heterocycles. The molecule has 1 aromatic rings. The Kier molecular flexibility index (Phi) is 5.41. The Labute approximate surface area is 119 Å². The molecule has 0 saturated carbocycles. The highest BCUT2D eigenvalue weighted by Gasteiger charge is 2.21. The Bertz CT molecular complexity index is 390. The lowest BCUT2D eigenvalue weighted by Gasteiger charge is -2.25. The summed E-state index contributed by atoms with van der Waals surface area (Å²) >= 11 is 3.69. The van der Waals surface area contributed by atoms with Crippen LogP contribution in [0.2, 0.25) is 0 Å². The van der Waals surface area contributed by atoms with Crippen LogP contribution in [0.4, 0.5) is 0 Å². The topological polar surface area (TPSA) is 29.9 Å². The molecular weight excluding hydrogens is 290 g/mol. The third kappa shape index (κ3) is 4.09. The highest BCUT2D eigenvalue weighted by Crippen LogP contribution is 2.26. The fraction of sp³-hybridized carbons (Fsp3) is 0.786. The molecule has 0 fully saturated rings. The van der Waals surface area contributed by atoms with Crippen LogP contribution in [0.25, 0.3) is 0 Å². The molecule has 0 aliphatic rings. The molecule has 104 valence electrons. The number of rotatable bonds is 5. The number of halogens is 1. The molecule has 1 heterocycles. The van der Waals surface area contributed by atoms with Gasteiger partial charge in [-0.1, -0.05) is 27.7 Å². The average molecular weight is 316 g/mol. The molecule has 0 amide bonds. The van der Waals surface area contributed by atoms with Crippen LogP contribution in [0.3, 0.4) is 0 Å². The highest BCUT2D eigenvalue weighted by atomic mass is 79.9. The molecule has 1 rings (SSSR count). The quantitative estimate of drug-likeness (QED) is 0.903. The molecule has 4 heteroatoms. The minimum atomic E-state index is 0.340. The molecule has 1 N–H and O–H groups in total. The van der Waals surface area contributed by atoms with Crippen molar-refractivity contribution in [2.45, 2.75) is 53.0 Å². The molecule has 0 aliphatic carbocycles. The predicted molar refractivity (Wildman–Crippen MR) is 80.9 cm³/mol. The van der Waals surface area contributed by atoms with Gasteiger partial charge in [0.25, 0.3) is 0 Å². The number of likely N-dealkylation sites (N-methyl/N-ethyl adjacent to an activating group) is 1. The lowest BCUT2D eigenvalue weighted by Crippen LogP contribution is -2.32. The maximum Gasteiger partial charge on any atom is 0.0766 e. The summed E-state index contributed by atoms with van der Waals surface area (Å²) in [4.78, 5) is 0. The van der Waals surface area contributed by atoms with Crippen LogP contribution in [0.5, 0.6) is 0 Å². The van der Waals surface area contributed by atoms with E-state index >= 15 is 0 Å². The van der Waals surface area contributed by atoms with Crippen LogP contribution in [-0.2, 0) is 19.9 Å². The van der Waals surface area contributed by atoms with Crippen LogP contribution >= 0.6 is 15.9 Å². The summed E-state index contributed by atoms with van der Waals surface area (Å²) in [5.41, 5.74) is 2.78.